The summed E-state index contributed by atoms with van der Waals surface area (Å²) in [6, 6.07) is 11.5. The SMILES string of the molecule is Cc1ccc(NC(=O)N2CC[C@@]3(C[C@H]3C(=O)NCc3ccncc3)C2)cc1. The molecule has 140 valence electrons. The molecule has 6 nitrogen and oxygen atoms in total. The maximum Gasteiger partial charge on any atom is 0.321 e. The number of rotatable bonds is 4. The topological polar surface area (TPSA) is 74.3 Å². The number of nitrogens with one attached hydrogen (secondary N) is 2. The van der Waals surface area contributed by atoms with Crippen LogP contribution < -0.4 is 10.6 Å². The van der Waals surface area contributed by atoms with Gasteiger partial charge in [-0.1, -0.05) is 17.7 Å². The number of benzene rings is 1. The van der Waals surface area contributed by atoms with E-state index in [1.165, 1.54) is 0 Å². The van der Waals surface area contributed by atoms with Crippen molar-refractivity contribution in [2.75, 3.05) is 18.4 Å². The number of amides is 3. The number of likely N-dealkylation sites (tertiary alicyclic amines) is 1. The van der Waals surface area contributed by atoms with E-state index in [4.69, 9.17) is 0 Å². The van der Waals surface area contributed by atoms with E-state index in [1.54, 1.807) is 12.4 Å². The molecule has 2 N–H and O–H groups in total. The Labute approximate surface area is 159 Å². The second-order valence-electron chi connectivity index (χ2n) is 7.66. The van der Waals surface area contributed by atoms with Gasteiger partial charge in [0, 0.05) is 49.0 Å². The third-order valence-corrected chi connectivity index (χ3v) is 5.70. The lowest BCUT2D eigenvalue weighted by Crippen LogP contribution is -2.34. The maximum absolute atomic E-state index is 12.5. The normalized spacial score (nSPS) is 23.3. The smallest absolute Gasteiger partial charge is 0.321 e. The maximum atomic E-state index is 12.5. The first-order valence-electron chi connectivity index (χ1n) is 9.35. The Morgan fingerprint density at radius 2 is 1.93 bits per heavy atom. The van der Waals surface area contributed by atoms with Gasteiger partial charge in [0.05, 0.1) is 0 Å². The number of hydrogen-bond donors (Lipinski definition) is 2. The standard InChI is InChI=1S/C21H24N4O2/c1-15-2-4-17(5-3-15)24-20(27)25-11-8-21(14-25)12-18(21)19(26)23-13-16-6-9-22-10-7-16/h2-7,9-10,18H,8,11-14H2,1H3,(H,23,26)(H,24,27)/t18-,21+/m0/s1. The van der Waals surface area contributed by atoms with Gasteiger partial charge in [0.2, 0.25) is 5.91 Å². The van der Waals surface area contributed by atoms with Gasteiger partial charge < -0.3 is 15.5 Å². The number of anilines is 1. The van der Waals surface area contributed by atoms with Crippen LogP contribution >= 0.6 is 0 Å². The zero-order chi connectivity index (χ0) is 18.9. The fraction of sp³-hybridized carbons (Fsp3) is 0.381. The van der Waals surface area contributed by atoms with Crippen molar-refractivity contribution in [2.45, 2.75) is 26.3 Å². The molecule has 2 aliphatic rings. The summed E-state index contributed by atoms with van der Waals surface area (Å²) in [7, 11) is 0. The molecule has 0 unspecified atom stereocenters. The van der Waals surface area contributed by atoms with Crippen LogP contribution in [0.2, 0.25) is 0 Å². The lowest BCUT2D eigenvalue weighted by molar-refractivity contribution is -0.123. The highest BCUT2D eigenvalue weighted by atomic mass is 16.2. The molecule has 1 aliphatic carbocycles. The van der Waals surface area contributed by atoms with E-state index in [2.05, 4.69) is 15.6 Å². The Balaban J connectivity index is 1.28. The largest absolute Gasteiger partial charge is 0.352 e. The predicted molar refractivity (Wildman–Crippen MR) is 103 cm³/mol. The van der Waals surface area contributed by atoms with Crippen molar-refractivity contribution in [1.82, 2.24) is 15.2 Å². The second-order valence-corrected chi connectivity index (χ2v) is 7.66. The van der Waals surface area contributed by atoms with E-state index in [1.807, 2.05) is 48.2 Å². The Morgan fingerprint density at radius 1 is 1.19 bits per heavy atom. The quantitative estimate of drug-likeness (QED) is 0.876. The van der Waals surface area contributed by atoms with Gasteiger partial charge in [-0.3, -0.25) is 9.78 Å². The summed E-state index contributed by atoms with van der Waals surface area (Å²) in [5.74, 6) is 0.101. The second kappa shape index (κ2) is 7.02. The molecule has 27 heavy (non-hydrogen) atoms. The van der Waals surface area contributed by atoms with Crippen LogP contribution in [0.4, 0.5) is 10.5 Å². The highest BCUT2D eigenvalue weighted by molar-refractivity contribution is 5.90. The Morgan fingerprint density at radius 3 is 2.67 bits per heavy atom. The van der Waals surface area contributed by atoms with Crippen LogP contribution in [0.25, 0.3) is 0 Å². The van der Waals surface area contributed by atoms with Gasteiger partial charge in [0.25, 0.3) is 0 Å². The summed E-state index contributed by atoms with van der Waals surface area (Å²) in [4.78, 5) is 30.8. The molecule has 1 aromatic carbocycles. The number of hydrogen-bond acceptors (Lipinski definition) is 3. The van der Waals surface area contributed by atoms with Crippen LogP contribution in [-0.2, 0) is 11.3 Å². The summed E-state index contributed by atoms with van der Waals surface area (Å²) in [6.45, 7) is 3.89. The molecule has 2 aromatic rings. The van der Waals surface area contributed by atoms with Crippen LogP contribution in [0.3, 0.4) is 0 Å². The highest BCUT2D eigenvalue weighted by Gasteiger charge is 2.61. The molecule has 1 aliphatic heterocycles. The van der Waals surface area contributed by atoms with Crippen LogP contribution in [-0.4, -0.2) is 34.9 Å². The van der Waals surface area contributed by atoms with E-state index in [-0.39, 0.29) is 23.3 Å². The fourth-order valence-corrected chi connectivity index (χ4v) is 3.89. The minimum absolute atomic E-state index is 0.0107. The molecular weight excluding hydrogens is 340 g/mol. The van der Waals surface area contributed by atoms with Crippen molar-refractivity contribution >= 4 is 17.6 Å². The summed E-state index contributed by atoms with van der Waals surface area (Å²) in [6.07, 6.45) is 5.20. The molecule has 6 heteroatoms. The summed E-state index contributed by atoms with van der Waals surface area (Å²) < 4.78 is 0. The first-order valence-corrected chi connectivity index (χ1v) is 9.35. The van der Waals surface area contributed by atoms with Crippen molar-refractivity contribution in [3.05, 3.63) is 59.9 Å². The zero-order valence-electron chi connectivity index (χ0n) is 15.4. The van der Waals surface area contributed by atoms with Gasteiger partial charge in [-0.25, -0.2) is 4.79 Å². The summed E-state index contributed by atoms with van der Waals surface area (Å²) >= 11 is 0. The molecule has 0 radical (unpaired) electrons. The van der Waals surface area contributed by atoms with Crippen LogP contribution in [0.5, 0.6) is 0 Å². The zero-order valence-corrected chi connectivity index (χ0v) is 15.4. The van der Waals surface area contributed by atoms with Gasteiger partial charge in [0.1, 0.15) is 0 Å². The monoisotopic (exact) mass is 364 g/mol. The lowest BCUT2D eigenvalue weighted by atomic mass is 10.0. The molecule has 1 saturated carbocycles. The average molecular weight is 364 g/mol. The lowest BCUT2D eigenvalue weighted by Gasteiger charge is -2.17. The molecule has 0 bridgehead atoms. The first-order chi connectivity index (χ1) is 13.1. The molecule has 3 amide bonds. The number of aryl methyl sites for hydroxylation is 1. The molecule has 2 heterocycles. The van der Waals surface area contributed by atoms with E-state index in [9.17, 15) is 9.59 Å². The average Bonchev–Trinajstić information content (AvgIpc) is 3.22. The molecule has 4 rings (SSSR count). The van der Waals surface area contributed by atoms with Gasteiger partial charge in [-0.2, -0.15) is 0 Å². The molecular formula is C21H24N4O2. The molecule has 1 spiro atoms. The number of aromatic nitrogens is 1. The van der Waals surface area contributed by atoms with Crippen LogP contribution in [0.1, 0.15) is 24.0 Å². The first kappa shape index (κ1) is 17.5. The number of nitrogens with zero attached hydrogens (tertiary/aromatic N) is 2. The van der Waals surface area contributed by atoms with Gasteiger partial charge in [-0.15, -0.1) is 0 Å². The Hall–Kier alpha value is -2.89. The van der Waals surface area contributed by atoms with Crippen LogP contribution in [0.15, 0.2) is 48.8 Å². The number of urea groups is 1. The van der Waals surface area contributed by atoms with Gasteiger partial charge in [0.15, 0.2) is 0 Å². The van der Waals surface area contributed by atoms with E-state index in [0.717, 1.165) is 29.7 Å². The minimum atomic E-state index is -0.0847. The van der Waals surface area contributed by atoms with Crippen molar-refractivity contribution in [3.63, 3.8) is 0 Å². The fourth-order valence-electron chi connectivity index (χ4n) is 3.89. The van der Waals surface area contributed by atoms with Crippen molar-refractivity contribution < 1.29 is 9.59 Å². The van der Waals surface area contributed by atoms with Crippen molar-refractivity contribution in [3.8, 4) is 0 Å². The Kier molecular flexibility index (Phi) is 4.56. The van der Waals surface area contributed by atoms with E-state index >= 15 is 0 Å². The van der Waals surface area contributed by atoms with Gasteiger partial charge in [-0.05, 0) is 49.6 Å². The van der Waals surface area contributed by atoms with Gasteiger partial charge >= 0.3 is 6.03 Å². The summed E-state index contributed by atoms with van der Waals surface area (Å²) in [5, 5.41) is 5.96. The number of carbonyl (C=O) groups is 2. The Bertz CT molecular complexity index is 837. The molecule has 2 fully saturated rings. The molecule has 1 saturated heterocycles. The predicted octanol–water partition coefficient (Wildman–Crippen LogP) is 2.95. The van der Waals surface area contributed by atoms with Crippen LogP contribution in [0, 0.1) is 18.3 Å². The number of carbonyl (C=O) groups excluding carboxylic acids is 2. The molecule has 1 aromatic heterocycles. The number of pyridine rings is 1. The third kappa shape index (κ3) is 3.79. The van der Waals surface area contributed by atoms with Crippen molar-refractivity contribution in [1.29, 1.82) is 0 Å². The third-order valence-electron chi connectivity index (χ3n) is 5.70. The van der Waals surface area contributed by atoms with E-state index < -0.39 is 0 Å². The highest BCUT2D eigenvalue weighted by Crippen LogP contribution is 2.58. The van der Waals surface area contributed by atoms with Crippen molar-refractivity contribution in [2.24, 2.45) is 11.3 Å². The minimum Gasteiger partial charge on any atom is -0.352 e. The summed E-state index contributed by atoms with van der Waals surface area (Å²) in [5.41, 5.74) is 2.96. The molecule has 2 atom stereocenters. The van der Waals surface area contributed by atoms with E-state index in [0.29, 0.717) is 19.6 Å².